The minimum atomic E-state index is -4.30. The SMILES string of the molecule is CC(=N)OC(=N)CC(OC(N)=O)c1cc(OCCCC(F)(F)F)ccc1F. The Morgan fingerprint density at radius 3 is 2.52 bits per heavy atom. The summed E-state index contributed by atoms with van der Waals surface area (Å²) >= 11 is 0. The Morgan fingerprint density at radius 2 is 1.96 bits per heavy atom. The molecular weight excluding hydrogens is 374 g/mol. The van der Waals surface area contributed by atoms with Crippen LogP contribution in [0.4, 0.5) is 22.4 Å². The minimum absolute atomic E-state index is 0.0577. The number of nitrogens with two attached hydrogens (primary N) is 1. The van der Waals surface area contributed by atoms with Crippen LogP contribution in [0.1, 0.15) is 37.9 Å². The maximum atomic E-state index is 14.1. The predicted molar refractivity (Wildman–Crippen MR) is 87.4 cm³/mol. The molecule has 1 unspecified atom stereocenters. The van der Waals surface area contributed by atoms with Gasteiger partial charge in [-0.3, -0.25) is 10.8 Å². The number of hydrogen-bond acceptors (Lipinski definition) is 6. The van der Waals surface area contributed by atoms with E-state index < -0.39 is 42.9 Å². The van der Waals surface area contributed by atoms with Crippen LogP contribution in [0.2, 0.25) is 0 Å². The average molecular weight is 393 g/mol. The molecular formula is C16H19F4N3O4. The number of nitrogens with one attached hydrogen (secondary N) is 2. The lowest BCUT2D eigenvalue weighted by Gasteiger charge is -2.19. The monoisotopic (exact) mass is 393 g/mol. The van der Waals surface area contributed by atoms with Crippen molar-refractivity contribution in [2.45, 2.75) is 38.5 Å². The molecule has 27 heavy (non-hydrogen) atoms. The third kappa shape index (κ3) is 8.88. The zero-order chi connectivity index (χ0) is 20.6. The topological polar surface area (TPSA) is 118 Å². The summed E-state index contributed by atoms with van der Waals surface area (Å²) in [6.07, 6.45) is -8.58. The molecule has 0 aromatic heterocycles. The van der Waals surface area contributed by atoms with Crippen LogP contribution in [0.3, 0.4) is 0 Å². The van der Waals surface area contributed by atoms with Gasteiger partial charge < -0.3 is 19.9 Å². The third-order valence-electron chi connectivity index (χ3n) is 3.09. The average Bonchev–Trinajstić information content (AvgIpc) is 2.50. The first-order chi connectivity index (χ1) is 12.5. The van der Waals surface area contributed by atoms with Gasteiger partial charge in [0.1, 0.15) is 17.7 Å². The van der Waals surface area contributed by atoms with Gasteiger partial charge in [-0.15, -0.1) is 0 Å². The van der Waals surface area contributed by atoms with Crippen LogP contribution in [0.5, 0.6) is 5.75 Å². The van der Waals surface area contributed by atoms with Gasteiger partial charge in [-0.2, -0.15) is 13.2 Å². The second-order valence-corrected chi connectivity index (χ2v) is 5.46. The molecule has 4 N–H and O–H groups in total. The number of amides is 1. The molecule has 1 amide bonds. The number of rotatable bonds is 8. The van der Waals surface area contributed by atoms with Crippen LogP contribution in [0.25, 0.3) is 0 Å². The quantitative estimate of drug-likeness (QED) is 0.267. The van der Waals surface area contributed by atoms with Crippen molar-refractivity contribution in [3.63, 3.8) is 0 Å². The normalized spacial score (nSPS) is 12.2. The maximum absolute atomic E-state index is 14.1. The third-order valence-corrected chi connectivity index (χ3v) is 3.09. The standard InChI is InChI=1S/C16H19F4N3O4/c1-9(21)26-14(22)8-13(27-15(23)24)11-7-10(3-4-12(11)17)25-6-2-5-16(18,19)20/h3-4,7,13,21-22H,2,5-6,8H2,1H3,(H2,23,24). The van der Waals surface area contributed by atoms with Crippen molar-refractivity contribution in [2.24, 2.45) is 5.73 Å². The Labute approximate surface area is 152 Å². The highest BCUT2D eigenvalue weighted by atomic mass is 19.4. The Bertz CT molecular complexity index is 695. The molecule has 0 aliphatic carbocycles. The molecule has 1 aromatic rings. The number of alkyl halides is 3. The smallest absolute Gasteiger partial charge is 0.405 e. The first kappa shape index (κ1) is 22.2. The lowest BCUT2D eigenvalue weighted by Crippen LogP contribution is -2.21. The number of hydrogen-bond donors (Lipinski definition) is 3. The van der Waals surface area contributed by atoms with E-state index in [1.54, 1.807) is 0 Å². The van der Waals surface area contributed by atoms with E-state index in [1.165, 1.54) is 13.0 Å². The number of halogens is 4. The van der Waals surface area contributed by atoms with E-state index in [9.17, 15) is 22.4 Å². The summed E-state index contributed by atoms with van der Waals surface area (Å²) < 4.78 is 65.2. The summed E-state index contributed by atoms with van der Waals surface area (Å²) in [5.41, 5.74) is 4.76. The van der Waals surface area contributed by atoms with Gasteiger partial charge >= 0.3 is 12.3 Å². The number of carbonyl (C=O) groups excluding carboxylic acids is 1. The van der Waals surface area contributed by atoms with Gasteiger partial charge in [0.25, 0.3) is 0 Å². The summed E-state index contributed by atoms with van der Waals surface area (Å²) in [4.78, 5) is 11.1. The molecule has 0 aliphatic heterocycles. The Kier molecular flexibility index (Phi) is 8.00. The van der Waals surface area contributed by atoms with Gasteiger partial charge in [0.2, 0.25) is 0 Å². The van der Waals surface area contributed by atoms with Crippen LogP contribution in [0, 0.1) is 16.6 Å². The van der Waals surface area contributed by atoms with Crippen molar-refractivity contribution in [3.05, 3.63) is 29.6 Å². The molecule has 0 spiro atoms. The molecule has 0 fully saturated rings. The second-order valence-electron chi connectivity index (χ2n) is 5.46. The van der Waals surface area contributed by atoms with Crippen molar-refractivity contribution in [1.82, 2.24) is 0 Å². The predicted octanol–water partition coefficient (Wildman–Crippen LogP) is 4.06. The minimum Gasteiger partial charge on any atom is -0.494 e. The van der Waals surface area contributed by atoms with E-state index in [2.05, 4.69) is 0 Å². The summed E-state index contributed by atoms with van der Waals surface area (Å²) in [6.45, 7) is 1.02. The molecule has 0 aliphatic rings. The van der Waals surface area contributed by atoms with Gasteiger partial charge in [-0.25, -0.2) is 9.18 Å². The molecule has 1 aromatic carbocycles. The van der Waals surface area contributed by atoms with E-state index in [0.29, 0.717) is 0 Å². The van der Waals surface area contributed by atoms with Crippen LogP contribution < -0.4 is 10.5 Å². The second kappa shape index (κ2) is 9.74. The van der Waals surface area contributed by atoms with E-state index in [0.717, 1.165) is 12.1 Å². The van der Waals surface area contributed by atoms with E-state index in [1.807, 2.05) is 0 Å². The number of carbonyl (C=O) groups is 1. The molecule has 0 radical (unpaired) electrons. The highest BCUT2D eigenvalue weighted by molar-refractivity contribution is 5.87. The fourth-order valence-corrected chi connectivity index (χ4v) is 2.07. The van der Waals surface area contributed by atoms with Crippen molar-refractivity contribution >= 4 is 17.9 Å². The van der Waals surface area contributed by atoms with Crippen molar-refractivity contribution < 1.29 is 36.6 Å². The molecule has 7 nitrogen and oxygen atoms in total. The molecule has 0 heterocycles. The number of primary amides is 1. The molecule has 0 saturated carbocycles. The lowest BCUT2D eigenvalue weighted by atomic mass is 10.1. The van der Waals surface area contributed by atoms with E-state index in [-0.39, 0.29) is 30.2 Å². The summed E-state index contributed by atoms with van der Waals surface area (Å²) in [6, 6.07) is 3.33. The van der Waals surface area contributed by atoms with E-state index in [4.69, 9.17) is 30.8 Å². The fraction of sp³-hybridized carbons (Fsp3) is 0.438. The van der Waals surface area contributed by atoms with Crippen LogP contribution in [-0.2, 0) is 9.47 Å². The van der Waals surface area contributed by atoms with Gasteiger partial charge in [0.15, 0.2) is 11.8 Å². The molecule has 1 atom stereocenters. The van der Waals surface area contributed by atoms with Crippen LogP contribution in [-0.4, -0.2) is 30.7 Å². The van der Waals surface area contributed by atoms with Gasteiger partial charge in [-0.05, 0) is 24.6 Å². The highest BCUT2D eigenvalue weighted by Crippen LogP contribution is 2.29. The summed E-state index contributed by atoms with van der Waals surface area (Å²) in [5, 5.41) is 14.8. The Morgan fingerprint density at radius 1 is 1.30 bits per heavy atom. The first-order valence-corrected chi connectivity index (χ1v) is 7.73. The van der Waals surface area contributed by atoms with Gasteiger partial charge in [0.05, 0.1) is 13.0 Å². The number of ether oxygens (including phenoxy) is 3. The molecule has 11 heteroatoms. The maximum Gasteiger partial charge on any atom is 0.405 e. The highest BCUT2D eigenvalue weighted by Gasteiger charge is 2.26. The Balaban J connectivity index is 2.89. The van der Waals surface area contributed by atoms with E-state index >= 15 is 0 Å². The largest absolute Gasteiger partial charge is 0.494 e. The fourth-order valence-electron chi connectivity index (χ4n) is 2.07. The summed E-state index contributed by atoms with van der Waals surface area (Å²) in [7, 11) is 0. The van der Waals surface area contributed by atoms with Crippen LogP contribution in [0.15, 0.2) is 18.2 Å². The van der Waals surface area contributed by atoms with Crippen LogP contribution >= 0.6 is 0 Å². The summed E-state index contributed by atoms with van der Waals surface area (Å²) in [5.74, 6) is -1.50. The number of benzene rings is 1. The molecule has 150 valence electrons. The Hall–Kier alpha value is -2.85. The molecule has 0 bridgehead atoms. The molecule has 1 rings (SSSR count). The zero-order valence-corrected chi connectivity index (χ0v) is 14.4. The zero-order valence-electron chi connectivity index (χ0n) is 14.4. The van der Waals surface area contributed by atoms with Crippen molar-refractivity contribution in [2.75, 3.05) is 6.61 Å². The van der Waals surface area contributed by atoms with Gasteiger partial charge in [0, 0.05) is 18.9 Å². The van der Waals surface area contributed by atoms with Crippen molar-refractivity contribution in [1.29, 1.82) is 10.8 Å². The first-order valence-electron chi connectivity index (χ1n) is 7.73. The van der Waals surface area contributed by atoms with Gasteiger partial charge in [-0.1, -0.05) is 0 Å². The molecule has 0 saturated heterocycles. The van der Waals surface area contributed by atoms with Crippen molar-refractivity contribution in [3.8, 4) is 5.75 Å². The lowest BCUT2D eigenvalue weighted by molar-refractivity contribution is -0.136.